The number of benzene rings is 1. The van der Waals surface area contributed by atoms with Crippen LogP contribution in [0.3, 0.4) is 0 Å². The Morgan fingerprint density at radius 2 is 1.96 bits per heavy atom. The molecule has 14 heteroatoms. The van der Waals surface area contributed by atoms with Gasteiger partial charge in [-0.3, -0.25) is 19.1 Å². The second-order valence-corrected chi connectivity index (χ2v) is 16.4. The van der Waals surface area contributed by atoms with Crippen molar-refractivity contribution >= 4 is 50.0 Å². The van der Waals surface area contributed by atoms with Gasteiger partial charge >= 0.3 is 0 Å². The Morgan fingerprint density at radius 1 is 1.14 bits per heavy atom. The molecule has 2 saturated carbocycles. The van der Waals surface area contributed by atoms with Crippen LogP contribution in [0.5, 0.6) is 11.5 Å². The molecule has 0 unspecified atom stereocenters. The van der Waals surface area contributed by atoms with Crippen LogP contribution < -0.4 is 19.5 Å². The van der Waals surface area contributed by atoms with Crippen LogP contribution in [0, 0.1) is 12.8 Å². The first-order valence-electron chi connectivity index (χ1n) is 17.0. The van der Waals surface area contributed by atoms with E-state index in [0.29, 0.717) is 48.4 Å². The lowest BCUT2D eigenvalue weighted by atomic mass is 10.1. The predicted octanol–water partition coefficient (Wildman–Crippen LogP) is 4.42. The van der Waals surface area contributed by atoms with Gasteiger partial charge in [-0.2, -0.15) is 0 Å². The number of aryl methyl sites for hydroxylation is 1. The van der Waals surface area contributed by atoms with Crippen molar-refractivity contribution in [3.05, 3.63) is 47.5 Å². The molecule has 3 aromatic rings. The molecule has 1 saturated heterocycles. The largest absolute Gasteiger partial charge is 0.496 e. The van der Waals surface area contributed by atoms with E-state index in [0.717, 1.165) is 41.6 Å². The molecule has 4 atom stereocenters. The molecule has 7 rings (SSSR count). The van der Waals surface area contributed by atoms with Gasteiger partial charge in [0, 0.05) is 47.4 Å². The maximum absolute atomic E-state index is 14.1. The average Bonchev–Trinajstić information content (AvgIpc) is 3.94. The van der Waals surface area contributed by atoms with Gasteiger partial charge in [-0.15, -0.1) is 11.3 Å². The van der Waals surface area contributed by atoms with E-state index < -0.39 is 44.8 Å². The van der Waals surface area contributed by atoms with E-state index in [1.54, 1.807) is 18.2 Å². The fourth-order valence-corrected chi connectivity index (χ4v) is 8.97. The van der Waals surface area contributed by atoms with Crippen molar-refractivity contribution in [3.63, 3.8) is 0 Å². The van der Waals surface area contributed by atoms with E-state index in [1.807, 2.05) is 42.7 Å². The number of hydrogen-bond acceptors (Lipinski definition) is 10. The van der Waals surface area contributed by atoms with Crippen molar-refractivity contribution in [1.29, 1.82) is 0 Å². The van der Waals surface area contributed by atoms with Gasteiger partial charge in [-0.25, -0.2) is 18.4 Å². The van der Waals surface area contributed by atoms with E-state index in [4.69, 9.17) is 14.5 Å². The second kappa shape index (κ2) is 13.3. The van der Waals surface area contributed by atoms with E-state index in [-0.39, 0.29) is 31.2 Å². The Kier molecular flexibility index (Phi) is 9.11. The summed E-state index contributed by atoms with van der Waals surface area (Å²) in [5.74, 6) is -0.471. The highest BCUT2D eigenvalue weighted by Gasteiger charge is 2.62. The Morgan fingerprint density at radius 3 is 2.71 bits per heavy atom. The van der Waals surface area contributed by atoms with Crippen LogP contribution >= 0.6 is 11.3 Å². The number of nitrogens with one attached hydrogen (secondary N) is 2. The summed E-state index contributed by atoms with van der Waals surface area (Å²) < 4.78 is 39.9. The molecule has 0 spiro atoms. The van der Waals surface area contributed by atoms with Crippen LogP contribution in [-0.4, -0.2) is 77.6 Å². The summed E-state index contributed by atoms with van der Waals surface area (Å²) in [6.45, 7) is 2.11. The lowest BCUT2D eigenvalue weighted by Crippen LogP contribution is -2.56. The standard InChI is InChI=1S/C35H41N5O7S2/c1-21-28(46-2)14-13-25-29(18-26(37-31(21)25)33-36-15-16-48-33)47-23-17-27-32(42)38-35(34(43)39-49(44,45)24-11-12-24)19-22(35)9-7-5-3-4-6-8-10-30(41)40(27)20-23/h7,9,13-16,18,22-24,27H,3-6,8,10-12,17,19-20H2,1-2H3,(H,38,42)(H,39,43)/t22-,23-,27+,35-/m1/s1. The molecule has 3 fully saturated rings. The fraction of sp³-hybridized carbons (Fsp3) is 0.514. The number of ether oxygens (including phenoxy) is 2. The number of carbonyl (C=O) groups is 3. The zero-order valence-corrected chi connectivity index (χ0v) is 29.3. The third-order valence-corrected chi connectivity index (χ3v) is 12.7. The highest BCUT2D eigenvalue weighted by Crippen LogP contribution is 2.46. The highest BCUT2D eigenvalue weighted by molar-refractivity contribution is 7.91. The molecular weight excluding hydrogens is 667 g/mol. The Labute approximate surface area is 289 Å². The molecule has 1 aromatic carbocycles. The summed E-state index contributed by atoms with van der Waals surface area (Å²) in [6, 6.07) is 4.69. The number of allylic oxidation sites excluding steroid dienone is 1. The molecule has 4 heterocycles. The molecule has 49 heavy (non-hydrogen) atoms. The average molecular weight is 708 g/mol. The van der Waals surface area contributed by atoms with E-state index in [9.17, 15) is 22.8 Å². The topological polar surface area (TPSA) is 157 Å². The number of hydrogen-bond donors (Lipinski definition) is 2. The lowest BCUT2D eigenvalue weighted by Gasteiger charge is -2.26. The van der Waals surface area contributed by atoms with Crippen molar-refractivity contribution in [3.8, 4) is 22.2 Å². The molecule has 2 aliphatic heterocycles. The Bertz CT molecular complexity index is 1910. The first-order chi connectivity index (χ1) is 23.6. The number of fused-ring (bicyclic) bond motifs is 3. The first-order valence-corrected chi connectivity index (χ1v) is 19.4. The van der Waals surface area contributed by atoms with Crippen molar-refractivity contribution in [2.24, 2.45) is 5.92 Å². The van der Waals surface area contributed by atoms with Crippen LogP contribution in [0.1, 0.15) is 69.8 Å². The zero-order chi connectivity index (χ0) is 34.3. The third kappa shape index (κ3) is 6.77. The minimum atomic E-state index is -3.82. The number of methoxy groups -OCH3 is 1. The van der Waals surface area contributed by atoms with Crippen molar-refractivity contribution in [2.75, 3.05) is 13.7 Å². The van der Waals surface area contributed by atoms with Crippen LogP contribution in [0.15, 0.2) is 41.9 Å². The van der Waals surface area contributed by atoms with Gasteiger partial charge in [0.2, 0.25) is 21.8 Å². The minimum Gasteiger partial charge on any atom is -0.496 e. The molecule has 0 bridgehead atoms. The number of sulfonamides is 1. The summed E-state index contributed by atoms with van der Waals surface area (Å²) in [6.07, 6.45) is 11.2. The maximum Gasteiger partial charge on any atom is 0.259 e. The first kappa shape index (κ1) is 33.5. The molecule has 3 amide bonds. The summed E-state index contributed by atoms with van der Waals surface area (Å²) in [7, 11) is -2.21. The van der Waals surface area contributed by atoms with Gasteiger partial charge in [0.05, 0.1) is 24.4 Å². The van der Waals surface area contributed by atoms with Gasteiger partial charge < -0.3 is 19.7 Å². The second-order valence-electron chi connectivity index (χ2n) is 13.5. The quantitative estimate of drug-likeness (QED) is 0.340. The lowest BCUT2D eigenvalue weighted by molar-refractivity contribution is -0.139. The van der Waals surface area contributed by atoms with Crippen LogP contribution in [0.2, 0.25) is 0 Å². The number of rotatable bonds is 7. The van der Waals surface area contributed by atoms with Crippen LogP contribution in [-0.2, 0) is 24.4 Å². The van der Waals surface area contributed by atoms with Crippen molar-refractivity contribution < 1.29 is 32.3 Å². The summed E-state index contributed by atoms with van der Waals surface area (Å²) >= 11 is 1.46. The maximum atomic E-state index is 14.1. The fourth-order valence-electron chi connectivity index (χ4n) is 7.01. The Hall–Kier alpha value is -4.04. The summed E-state index contributed by atoms with van der Waals surface area (Å²) in [5.41, 5.74) is 0.782. The summed E-state index contributed by atoms with van der Waals surface area (Å²) in [4.78, 5) is 52.3. The van der Waals surface area contributed by atoms with Crippen LogP contribution in [0.4, 0.5) is 0 Å². The molecule has 4 aliphatic rings. The molecule has 2 N–H and O–H groups in total. The summed E-state index contributed by atoms with van der Waals surface area (Å²) in [5, 5.41) is 5.71. The van der Waals surface area contributed by atoms with Gasteiger partial charge in [0.1, 0.15) is 39.9 Å². The van der Waals surface area contributed by atoms with Gasteiger partial charge in [-0.05, 0) is 57.6 Å². The third-order valence-electron chi connectivity index (χ3n) is 10.0. The van der Waals surface area contributed by atoms with Gasteiger partial charge in [0.25, 0.3) is 5.91 Å². The molecule has 2 aromatic heterocycles. The Balaban J connectivity index is 1.19. The van der Waals surface area contributed by atoms with Gasteiger partial charge in [0.15, 0.2) is 0 Å². The SMILES string of the molecule is COc1ccc2c(O[C@@H]3C[C@H]4C(=O)N[C@]5(C(=O)NS(=O)(=O)C6CC6)C[C@H]5C=CCCCCCCC(=O)N4C3)cc(-c3nccs3)nc2c1C. The molecule has 12 nitrogen and oxygen atoms in total. The normalized spacial score (nSPS) is 26.2. The number of amides is 3. The molecular formula is C35H41N5O7S2. The predicted molar refractivity (Wildman–Crippen MR) is 185 cm³/mol. The zero-order valence-electron chi connectivity index (χ0n) is 27.6. The van der Waals surface area contributed by atoms with Crippen molar-refractivity contribution in [1.82, 2.24) is 24.9 Å². The number of nitrogens with zero attached hydrogens (tertiary/aromatic N) is 3. The van der Waals surface area contributed by atoms with Crippen LogP contribution in [0.25, 0.3) is 21.6 Å². The van der Waals surface area contributed by atoms with Crippen molar-refractivity contribution in [2.45, 2.75) is 94.1 Å². The molecule has 260 valence electrons. The minimum absolute atomic E-state index is 0.148. The molecule has 0 radical (unpaired) electrons. The highest BCUT2D eigenvalue weighted by atomic mass is 32.2. The number of thiazole rings is 1. The van der Waals surface area contributed by atoms with Gasteiger partial charge in [-0.1, -0.05) is 25.0 Å². The van der Waals surface area contributed by atoms with E-state index >= 15 is 0 Å². The smallest absolute Gasteiger partial charge is 0.259 e. The molecule has 2 aliphatic carbocycles. The number of aromatic nitrogens is 2. The monoisotopic (exact) mass is 707 g/mol. The van der Waals surface area contributed by atoms with E-state index in [1.165, 1.54) is 11.3 Å². The number of pyridine rings is 1. The number of carbonyl (C=O) groups excluding carboxylic acids is 3. The van der Waals surface area contributed by atoms with E-state index in [2.05, 4.69) is 15.0 Å².